The van der Waals surface area contributed by atoms with E-state index >= 15 is 0 Å². The molecule has 22 heavy (non-hydrogen) atoms. The van der Waals surface area contributed by atoms with Crippen LogP contribution in [0, 0.1) is 0 Å². The van der Waals surface area contributed by atoms with Crippen LogP contribution in [0.2, 0.25) is 0 Å². The van der Waals surface area contributed by atoms with Gasteiger partial charge < -0.3 is 20.4 Å². The van der Waals surface area contributed by atoms with E-state index in [0.29, 0.717) is 37.8 Å². The number of anilines is 3. The number of para-hydroxylation sites is 1. The van der Waals surface area contributed by atoms with Gasteiger partial charge in [-0.05, 0) is 25.0 Å². The molecule has 0 atom stereocenters. The highest BCUT2D eigenvalue weighted by molar-refractivity contribution is 5.53. The molecule has 0 amide bonds. The SMILES string of the molecule is OCCCN(CCCO)c1ncnc(Nc2ccccc2)n1. The zero-order valence-corrected chi connectivity index (χ0v) is 12.4. The second kappa shape index (κ2) is 8.91. The van der Waals surface area contributed by atoms with Gasteiger partial charge in [0.15, 0.2) is 0 Å². The number of hydrogen-bond donors (Lipinski definition) is 3. The number of aliphatic hydroxyl groups is 2. The quantitative estimate of drug-likeness (QED) is 0.640. The minimum atomic E-state index is 0.107. The average Bonchev–Trinajstić information content (AvgIpc) is 2.56. The van der Waals surface area contributed by atoms with Crippen LogP contribution in [0.1, 0.15) is 12.8 Å². The summed E-state index contributed by atoms with van der Waals surface area (Å²) < 4.78 is 0. The Morgan fingerprint density at radius 1 is 0.955 bits per heavy atom. The van der Waals surface area contributed by atoms with Crippen molar-refractivity contribution in [2.24, 2.45) is 0 Å². The van der Waals surface area contributed by atoms with Crippen molar-refractivity contribution in [2.75, 3.05) is 36.5 Å². The maximum atomic E-state index is 9.00. The highest BCUT2D eigenvalue weighted by Gasteiger charge is 2.10. The predicted octanol–water partition coefficient (Wildman–Crippen LogP) is 1.19. The number of benzene rings is 1. The van der Waals surface area contributed by atoms with E-state index in [0.717, 1.165) is 5.69 Å². The van der Waals surface area contributed by atoms with Gasteiger partial charge >= 0.3 is 0 Å². The Bertz CT molecular complexity index is 545. The van der Waals surface area contributed by atoms with E-state index in [2.05, 4.69) is 20.3 Å². The van der Waals surface area contributed by atoms with Gasteiger partial charge in [0.2, 0.25) is 11.9 Å². The highest BCUT2D eigenvalue weighted by atomic mass is 16.3. The van der Waals surface area contributed by atoms with Crippen LogP contribution in [0.25, 0.3) is 0 Å². The minimum absolute atomic E-state index is 0.107. The second-order valence-electron chi connectivity index (χ2n) is 4.74. The van der Waals surface area contributed by atoms with Gasteiger partial charge in [-0.1, -0.05) is 18.2 Å². The molecule has 0 aliphatic rings. The number of aliphatic hydroxyl groups excluding tert-OH is 2. The molecule has 0 unspecified atom stereocenters. The first-order valence-corrected chi connectivity index (χ1v) is 7.31. The fraction of sp³-hybridized carbons (Fsp3) is 0.400. The van der Waals surface area contributed by atoms with Crippen LogP contribution in [-0.4, -0.2) is 51.5 Å². The van der Waals surface area contributed by atoms with Crippen molar-refractivity contribution in [1.29, 1.82) is 0 Å². The van der Waals surface area contributed by atoms with E-state index in [1.54, 1.807) is 0 Å². The summed E-state index contributed by atoms with van der Waals surface area (Å²) in [6.07, 6.45) is 2.70. The molecule has 0 fully saturated rings. The third kappa shape index (κ3) is 4.94. The Hall–Kier alpha value is -2.25. The lowest BCUT2D eigenvalue weighted by Crippen LogP contribution is -2.29. The molecule has 118 valence electrons. The standard InChI is InChI=1S/C15H21N5O2/c21-10-4-8-20(9-5-11-22)15-17-12-16-14(19-15)18-13-6-2-1-3-7-13/h1-3,6-7,12,21-22H,4-5,8-11H2,(H,16,17,18,19). The summed E-state index contributed by atoms with van der Waals surface area (Å²) in [5, 5.41) is 21.1. The minimum Gasteiger partial charge on any atom is -0.396 e. The number of rotatable bonds is 9. The van der Waals surface area contributed by atoms with Crippen LogP contribution in [-0.2, 0) is 0 Å². The smallest absolute Gasteiger partial charge is 0.231 e. The van der Waals surface area contributed by atoms with Crippen LogP contribution in [0.15, 0.2) is 36.7 Å². The van der Waals surface area contributed by atoms with E-state index in [1.165, 1.54) is 6.33 Å². The molecule has 0 aliphatic carbocycles. The van der Waals surface area contributed by atoms with Crippen molar-refractivity contribution < 1.29 is 10.2 Å². The Labute approximate surface area is 129 Å². The molecular weight excluding hydrogens is 282 g/mol. The van der Waals surface area contributed by atoms with Gasteiger partial charge in [-0.2, -0.15) is 4.98 Å². The third-order valence-corrected chi connectivity index (χ3v) is 3.04. The average molecular weight is 303 g/mol. The Balaban J connectivity index is 2.10. The van der Waals surface area contributed by atoms with E-state index < -0.39 is 0 Å². The lowest BCUT2D eigenvalue weighted by molar-refractivity contribution is 0.281. The molecule has 0 aliphatic heterocycles. The molecule has 0 saturated carbocycles. The van der Waals surface area contributed by atoms with E-state index in [4.69, 9.17) is 10.2 Å². The summed E-state index contributed by atoms with van der Waals surface area (Å²) in [5.41, 5.74) is 0.900. The lowest BCUT2D eigenvalue weighted by Gasteiger charge is -2.22. The first-order chi connectivity index (χ1) is 10.8. The number of nitrogens with zero attached hydrogens (tertiary/aromatic N) is 4. The summed E-state index contributed by atoms with van der Waals surface area (Å²) in [5.74, 6) is 1.00. The van der Waals surface area contributed by atoms with Gasteiger partial charge in [-0.25, -0.2) is 9.97 Å². The topological polar surface area (TPSA) is 94.4 Å². The lowest BCUT2D eigenvalue weighted by atomic mass is 10.3. The normalized spacial score (nSPS) is 10.5. The zero-order chi connectivity index (χ0) is 15.6. The summed E-state index contributed by atoms with van der Waals surface area (Å²) in [4.78, 5) is 14.6. The van der Waals surface area contributed by atoms with Crippen LogP contribution in [0.5, 0.6) is 0 Å². The molecule has 0 spiro atoms. The van der Waals surface area contributed by atoms with Gasteiger partial charge in [0, 0.05) is 32.0 Å². The van der Waals surface area contributed by atoms with Crippen molar-refractivity contribution in [3.05, 3.63) is 36.7 Å². The molecule has 7 nitrogen and oxygen atoms in total. The van der Waals surface area contributed by atoms with Crippen LogP contribution < -0.4 is 10.2 Å². The maximum absolute atomic E-state index is 9.00. The van der Waals surface area contributed by atoms with Crippen molar-refractivity contribution >= 4 is 17.6 Å². The second-order valence-corrected chi connectivity index (χ2v) is 4.74. The number of aromatic nitrogens is 3. The molecule has 0 bridgehead atoms. The third-order valence-electron chi connectivity index (χ3n) is 3.04. The first kappa shape index (κ1) is 16.1. The molecule has 2 rings (SSSR count). The maximum Gasteiger partial charge on any atom is 0.231 e. The summed E-state index contributed by atoms with van der Waals surface area (Å²) in [7, 11) is 0. The van der Waals surface area contributed by atoms with Gasteiger partial charge in [0.25, 0.3) is 0 Å². The summed E-state index contributed by atoms with van der Waals surface area (Å²) in [6, 6.07) is 9.66. The van der Waals surface area contributed by atoms with Crippen molar-refractivity contribution in [3.63, 3.8) is 0 Å². The van der Waals surface area contributed by atoms with E-state index in [1.807, 2.05) is 35.2 Å². The molecule has 0 saturated heterocycles. The van der Waals surface area contributed by atoms with Crippen molar-refractivity contribution in [1.82, 2.24) is 15.0 Å². The number of nitrogens with one attached hydrogen (secondary N) is 1. The summed E-state index contributed by atoms with van der Waals surface area (Å²) in [6.45, 7) is 1.47. The van der Waals surface area contributed by atoms with Crippen molar-refractivity contribution in [3.8, 4) is 0 Å². The summed E-state index contributed by atoms with van der Waals surface area (Å²) >= 11 is 0. The fourth-order valence-corrected chi connectivity index (χ4v) is 1.99. The largest absolute Gasteiger partial charge is 0.396 e. The molecule has 1 aromatic carbocycles. The van der Waals surface area contributed by atoms with Gasteiger partial charge in [0.1, 0.15) is 6.33 Å². The van der Waals surface area contributed by atoms with Gasteiger partial charge in [-0.3, -0.25) is 0 Å². The molecule has 7 heteroatoms. The van der Waals surface area contributed by atoms with E-state index in [9.17, 15) is 0 Å². The molecule has 0 radical (unpaired) electrons. The Kier molecular flexibility index (Phi) is 6.53. The molecule has 2 aromatic rings. The predicted molar refractivity (Wildman–Crippen MR) is 85.2 cm³/mol. The van der Waals surface area contributed by atoms with Gasteiger partial charge in [-0.15, -0.1) is 0 Å². The van der Waals surface area contributed by atoms with Crippen LogP contribution in [0.3, 0.4) is 0 Å². The van der Waals surface area contributed by atoms with Gasteiger partial charge in [0.05, 0.1) is 0 Å². The zero-order valence-electron chi connectivity index (χ0n) is 12.4. The molecule has 3 N–H and O–H groups in total. The molecule has 1 aromatic heterocycles. The first-order valence-electron chi connectivity index (χ1n) is 7.31. The molecular formula is C15H21N5O2. The Morgan fingerprint density at radius 3 is 2.27 bits per heavy atom. The van der Waals surface area contributed by atoms with Crippen LogP contribution >= 0.6 is 0 Å². The highest BCUT2D eigenvalue weighted by Crippen LogP contribution is 2.14. The fourth-order valence-electron chi connectivity index (χ4n) is 1.99. The van der Waals surface area contributed by atoms with Crippen molar-refractivity contribution in [2.45, 2.75) is 12.8 Å². The Morgan fingerprint density at radius 2 is 1.64 bits per heavy atom. The number of hydrogen-bond acceptors (Lipinski definition) is 7. The van der Waals surface area contributed by atoms with Crippen LogP contribution in [0.4, 0.5) is 17.6 Å². The molecule has 1 heterocycles. The van der Waals surface area contributed by atoms with E-state index in [-0.39, 0.29) is 13.2 Å². The monoisotopic (exact) mass is 303 g/mol.